The molecular formula is C24H22N4O4. The van der Waals surface area contributed by atoms with Crippen molar-refractivity contribution in [2.75, 3.05) is 14.1 Å². The molecule has 1 heterocycles. The van der Waals surface area contributed by atoms with Gasteiger partial charge in [-0.15, -0.1) is 0 Å². The second-order valence-corrected chi connectivity index (χ2v) is 7.78. The fourth-order valence-electron chi connectivity index (χ4n) is 3.39. The normalized spacial score (nSPS) is 12.2. The first kappa shape index (κ1) is 21.1. The second kappa shape index (κ2) is 8.55. The van der Waals surface area contributed by atoms with Crippen LogP contribution >= 0.6 is 0 Å². The molecule has 0 unspecified atom stereocenters. The first-order valence-electron chi connectivity index (χ1n) is 10.1. The van der Waals surface area contributed by atoms with E-state index in [2.05, 4.69) is 16.2 Å². The first-order valence-corrected chi connectivity index (χ1v) is 10.1. The van der Waals surface area contributed by atoms with Gasteiger partial charge in [-0.2, -0.15) is 10.2 Å². The van der Waals surface area contributed by atoms with Crippen molar-refractivity contribution in [1.29, 1.82) is 5.26 Å². The molecule has 32 heavy (non-hydrogen) atoms. The van der Waals surface area contributed by atoms with Gasteiger partial charge in [0.2, 0.25) is 5.82 Å². The SMILES string of the molecule is CC(C)Oc1ccc(-c2nc(-c3cccc4c3CC=C4OC(=O)N(C)C)no2)cc1C#N. The standard InChI is InChI=1S/C24H22N4O4/c1-14(2)30-20-10-8-15(12-16(20)13-25)23-26-22(27-32-23)19-7-5-6-18-17(19)9-11-21(18)31-24(29)28(3)4/h5-8,10-12,14H,9H2,1-4H3. The number of nitriles is 1. The summed E-state index contributed by atoms with van der Waals surface area (Å²) in [6, 6.07) is 13.0. The topological polar surface area (TPSA) is 101 Å². The van der Waals surface area contributed by atoms with E-state index in [1.165, 1.54) is 4.90 Å². The zero-order valence-electron chi connectivity index (χ0n) is 18.2. The quantitative estimate of drug-likeness (QED) is 0.580. The number of ether oxygens (including phenoxy) is 2. The molecule has 0 saturated carbocycles. The molecule has 0 aliphatic heterocycles. The van der Waals surface area contributed by atoms with Crippen molar-refractivity contribution in [2.45, 2.75) is 26.4 Å². The highest BCUT2D eigenvalue weighted by Gasteiger charge is 2.24. The van der Waals surface area contributed by atoms with Crippen LogP contribution in [0.1, 0.15) is 30.5 Å². The molecule has 0 N–H and O–H groups in total. The van der Waals surface area contributed by atoms with Gasteiger partial charge in [0.1, 0.15) is 17.6 Å². The van der Waals surface area contributed by atoms with E-state index in [1.807, 2.05) is 38.1 Å². The molecule has 4 rings (SSSR count). The van der Waals surface area contributed by atoms with Crippen molar-refractivity contribution >= 4 is 11.9 Å². The zero-order valence-corrected chi connectivity index (χ0v) is 18.2. The van der Waals surface area contributed by atoms with E-state index in [0.717, 1.165) is 16.7 Å². The van der Waals surface area contributed by atoms with E-state index in [0.29, 0.717) is 40.8 Å². The van der Waals surface area contributed by atoms with E-state index in [9.17, 15) is 10.1 Å². The summed E-state index contributed by atoms with van der Waals surface area (Å²) in [5.41, 5.74) is 3.60. The summed E-state index contributed by atoms with van der Waals surface area (Å²) in [4.78, 5) is 17.9. The maximum Gasteiger partial charge on any atom is 0.414 e. The molecule has 1 aromatic heterocycles. The van der Waals surface area contributed by atoms with Crippen LogP contribution in [0.3, 0.4) is 0 Å². The molecule has 1 aliphatic carbocycles. The number of hydrogen-bond acceptors (Lipinski definition) is 7. The van der Waals surface area contributed by atoms with Crippen LogP contribution in [0.15, 0.2) is 47.0 Å². The molecule has 8 heteroatoms. The highest BCUT2D eigenvalue weighted by molar-refractivity contribution is 5.82. The van der Waals surface area contributed by atoms with Gasteiger partial charge in [-0.3, -0.25) is 0 Å². The molecule has 0 fully saturated rings. The molecule has 162 valence electrons. The van der Waals surface area contributed by atoms with Gasteiger partial charge in [-0.05, 0) is 50.1 Å². The predicted octanol–water partition coefficient (Wildman–Crippen LogP) is 4.66. The van der Waals surface area contributed by atoms with Gasteiger partial charge >= 0.3 is 6.09 Å². The fourth-order valence-corrected chi connectivity index (χ4v) is 3.39. The average molecular weight is 430 g/mol. The van der Waals surface area contributed by atoms with Crippen LogP contribution in [0, 0.1) is 11.3 Å². The van der Waals surface area contributed by atoms with Gasteiger partial charge in [-0.25, -0.2) is 4.79 Å². The maximum atomic E-state index is 12.0. The van der Waals surface area contributed by atoms with Crippen molar-refractivity contribution in [3.63, 3.8) is 0 Å². The highest BCUT2D eigenvalue weighted by Crippen LogP contribution is 2.36. The Balaban J connectivity index is 1.63. The molecule has 0 radical (unpaired) electrons. The lowest BCUT2D eigenvalue weighted by Gasteiger charge is -2.12. The van der Waals surface area contributed by atoms with Crippen molar-refractivity contribution < 1.29 is 18.8 Å². The number of aromatic nitrogens is 2. The number of nitrogens with zero attached hydrogens (tertiary/aromatic N) is 4. The number of carbonyl (C=O) groups is 1. The monoisotopic (exact) mass is 430 g/mol. The largest absolute Gasteiger partial charge is 0.490 e. The number of allylic oxidation sites excluding steroid dienone is 1. The Bertz CT molecular complexity index is 1250. The minimum absolute atomic E-state index is 0.0429. The minimum Gasteiger partial charge on any atom is -0.490 e. The fraction of sp³-hybridized carbons (Fsp3) is 0.250. The smallest absolute Gasteiger partial charge is 0.414 e. The first-order chi connectivity index (χ1) is 15.4. The molecule has 3 aromatic rings. The molecule has 0 spiro atoms. The van der Waals surface area contributed by atoms with Crippen LogP contribution in [-0.2, 0) is 11.2 Å². The Hall–Kier alpha value is -4.12. The van der Waals surface area contributed by atoms with Crippen molar-refractivity contribution in [2.24, 2.45) is 0 Å². The molecule has 0 saturated heterocycles. The summed E-state index contributed by atoms with van der Waals surface area (Å²) in [5.74, 6) is 1.75. The lowest BCUT2D eigenvalue weighted by atomic mass is 10.0. The summed E-state index contributed by atoms with van der Waals surface area (Å²) in [6.45, 7) is 3.80. The number of carbonyl (C=O) groups excluding carboxylic acids is 1. The Labute approximate surface area is 185 Å². The summed E-state index contributed by atoms with van der Waals surface area (Å²) < 4.78 is 16.6. The predicted molar refractivity (Wildman–Crippen MR) is 117 cm³/mol. The van der Waals surface area contributed by atoms with E-state index in [-0.39, 0.29) is 6.10 Å². The van der Waals surface area contributed by atoms with Gasteiger partial charge in [0, 0.05) is 30.8 Å². The maximum absolute atomic E-state index is 12.0. The number of hydrogen-bond donors (Lipinski definition) is 0. The summed E-state index contributed by atoms with van der Waals surface area (Å²) >= 11 is 0. The zero-order chi connectivity index (χ0) is 22.8. The van der Waals surface area contributed by atoms with Crippen molar-refractivity contribution in [3.8, 4) is 34.7 Å². The highest BCUT2D eigenvalue weighted by atomic mass is 16.6. The van der Waals surface area contributed by atoms with Gasteiger partial charge in [0.05, 0.1) is 11.7 Å². The van der Waals surface area contributed by atoms with Crippen LogP contribution in [0.2, 0.25) is 0 Å². The molecular weight excluding hydrogens is 408 g/mol. The Morgan fingerprint density at radius 1 is 1.22 bits per heavy atom. The van der Waals surface area contributed by atoms with Gasteiger partial charge in [0.25, 0.3) is 5.89 Å². The van der Waals surface area contributed by atoms with Crippen molar-refractivity contribution in [1.82, 2.24) is 15.0 Å². The second-order valence-electron chi connectivity index (χ2n) is 7.78. The summed E-state index contributed by atoms with van der Waals surface area (Å²) in [7, 11) is 3.27. The Kier molecular flexibility index (Phi) is 5.65. The van der Waals surface area contributed by atoms with Crippen LogP contribution in [0.5, 0.6) is 5.75 Å². The minimum atomic E-state index is -0.436. The molecule has 0 bridgehead atoms. The molecule has 8 nitrogen and oxygen atoms in total. The van der Waals surface area contributed by atoms with Crippen LogP contribution in [-0.4, -0.2) is 41.3 Å². The third-order valence-electron chi connectivity index (χ3n) is 4.87. The number of amides is 1. The molecule has 1 amide bonds. The van der Waals surface area contributed by atoms with Gasteiger partial charge in [0.15, 0.2) is 0 Å². The number of rotatable bonds is 5. The lowest BCUT2D eigenvalue weighted by molar-refractivity contribution is 0.163. The van der Waals surface area contributed by atoms with E-state index in [4.69, 9.17) is 14.0 Å². The summed E-state index contributed by atoms with van der Waals surface area (Å²) in [5, 5.41) is 13.6. The number of fused-ring (bicyclic) bond motifs is 1. The van der Waals surface area contributed by atoms with Gasteiger partial charge < -0.3 is 18.9 Å². The third-order valence-corrected chi connectivity index (χ3v) is 4.87. The van der Waals surface area contributed by atoms with Crippen molar-refractivity contribution in [3.05, 3.63) is 59.2 Å². The third kappa shape index (κ3) is 4.05. The van der Waals surface area contributed by atoms with E-state index < -0.39 is 6.09 Å². The van der Waals surface area contributed by atoms with Gasteiger partial charge in [-0.1, -0.05) is 23.4 Å². The molecule has 1 aliphatic rings. The Morgan fingerprint density at radius 2 is 2.00 bits per heavy atom. The molecule has 2 aromatic carbocycles. The Morgan fingerprint density at radius 3 is 2.72 bits per heavy atom. The van der Waals surface area contributed by atoms with E-state index in [1.54, 1.807) is 32.3 Å². The van der Waals surface area contributed by atoms with Crippen LogP contribution in [0.4, 0.5) is 4.79 Å². The van der Waals surface area contributed by atoms with E-state index >= 15 is 0 Å². The number of benzene rings is 2. The van der Waals surface area contributed by atoms with Crippen LogP contribution < -0.4 is 4.74 Å². The molecule has 0 atom stereocenters. The summed E-state index contributed by atoms with van der Waals surface area (Å²) in [6.07, 6.45) is 1.97. The van der Waals surface area contributed by atoms with Crippen LogP contribution in [0.25, 0.3) is 28.6 Å². The lowest BCUT2D eigenvalue weighted by Crippen LogP contribution is -2.22. The average Bonchev–Trinajstić information content (AvgIpc) is 3.41.